The maximum atomic E-state index is 5.58. The van der Waals surface area contributed by atoms with Crippen molar-refractivity contribution in [1.82, 2.24) is 20.0 Å². The monoisotopic (exact) mass is 541 g/mol. The molecular weight excluding hydrogens is 505 g/mol. The van der Waals surface area contributed by atoms with Gasteiger partial charge in [-0.25, -0.2) is 0 Å². The first kappa shape index (κ1) is 25.3. The van der Waals surface area contributed by atoms with Gasteiger partial charge in [-0.05, 0) is 30.5 Å². The number of guanidine groups is 1. The Kier molecular flexibility index (Phi) is 9.46. The summed E-state index contributed by atoms with van der Waals surface area (Å²) in [5.74, 6) is 2.45. The molecule has 1 heterocycles. The Balaban J connectivity index is 0.00000341. The van der Waals surface area contributed by atoms with Crippen molar-refractivity contribution in [3.63, 3.8) is 0 Å². The van der Waals surface area contributed by atoms with Crippen LogP contribution in [0.25, 0.3) is 0 Å². The van der Waals surface area contributed by atoms with Crippen LogP contribution >= 0.6 is 24.0 Å². The summed E-state index contributed by atoms with van der Waals surface area (Å²) in [4.78, 5) is 6.66. The van der Waals surface area contributed by atoms with E-state index in [1.807, 2.05) is 37.2 Å². The Morgan fingerprint density at radius 2 is 1.90 bits per heavy atom. The number of nitrogens with zero attached hydrogens (tertiary/aromatic N) is 4. The van der Waals surface area contributed by atoms with Gasteiger partial charge in [0.2, 0.25) is 0 Å². The van der Waals surface area contributed by atoms with Crippen LogP contribution < -0.4 is 14.8 Å². The Morgan fingerprint density at radius 1 is 1.19 bits per heavy atom. The predicted octanol–water partition coefficient (Wildman–Crippen LogP) is 3.96. The average Bonchev–Trinajstić information content (AvgIpc) is 3.18. The number of halogens is 1. The number of hydrogen-bond donors (Lipinski definition) is 1. The number of aryl methyl sites for hydroxylation is 1. The summed E-state index contributed by atoms with van der Waals surface area (Å²) >= 11 is 0. The van der Waals surface area contributed by atoms with Crippen LogP contribution in [-0.4, -0.2) is 55.5 Å². The molecule has 1 aromatic heterocycles. The molecule has 0 unspecified atom stereocenters. The fourth-order valence-corrected chi connectivity index (χ4v) is 4.50. The lowest BCUT2D eigenvalue weighted by molar-refractivity contribution is 0.285. The second-order valence-electron chi connectivity index (χ2n) is 8.19. The quantitative estimate of drug-likeness (QED) is 0.327. The molecule has 1 N–H and O–H groups in total. The van der Waals surface area contributed by atoms with Crippen LogP contribution in [0.4, 0.5) is 0 Å². The van der Waals surface area contributed by atoms with Gasteiger partial charge in [-0.15, -0.1) is 24.0 Å². The number of nitrogens with one attached hydrogen (secondary N) is 1. The summed E-state index contributed by atoms with van der Waals surface area (Å²) in [5, 5.41) is 7.91. The lowest BCUT2D eigenvalue weighted by atomic mass is 9.69. The van der Waals surface area contributed by atoms with Crippen molar-refractivity contribution in [2.75, 3.05) is 34.9 Å². The number of rotatable bonds is 7. The zero-order chi connectivity index (χ0) is 21.6. The number of aromatic nitrogens is 2. The summed E-state index contributed by atoms with van der Waals surface area (Å²) in [6, 6.07) is 6.36. The smallest absolute Gasteiger partial charge is 0.193 e. The molecule has 7 nitrogen and oxygen atoms in total. The molecule has 31 heavy (non-hydrogen) atoms. The molecule has 1 saturated carbocycles. The van der Waals surface area contributed by atoms with Crippen LogP contribution in [0.2, 0.25) is 0 Å². The van der Waals surface area contributed by atoms with Gasteiger partial charge in [0.25, 0.3) is 0 Å². The third-order valence-electron chi connectivity index (χ3n) is 6.14. The Morgan fingerprint density at radius 3 is 2.48 bits per heavy atom. The topological polar surface area (TPSA) is 63.9 Å². The molecule has 0 amide bonds. The van der Waals surface area contributed by atoms with Gasteiger partial charge in [0, 0.05) is 51.4 Å². The first-order valence-electron chi connectivity index (χ1n) is 10.6. The molecule has 3 rings (SSSR count). The maximum absolute atomic E-state index is 5.58. The van der Waals surface area contributed by atoms with Crippen molar-refractivity contribution in [3.8, 4) is 11.5 Å². The van der Waals surface area contributed by atoms with E-state index in [9.17, 15) is 0 Å². The average molecular weight is 541 g/mol. The molecule has 0 atom stereocenters. The summed E-state index contributed by atoms with van der Waals surface area (Å²) in [6.45, 7) is 1.60. The maximum Gasteiger partial charge on any atom is 0.193 e. The summed E-state index contributed by atoms with van der Waals surface area (Å²) < 4.78 is 12.9. The normalized spacial score (nSPS) is 15.7. The van der Waals surface area contributed by atoms with Gasteiger partial charge in [-0.2, -0.15) is 5.10 Å². The van der Waals surface area contributed by atoms with Gasteiger partial charge in [-0.1, -0.05) is 25.3 Å². The third-order valence-corrected chi connectivity index (χ3v) is 6.14. The minimum atomic E-state index is 0. The SMILES string of the molecule is CN=C(NCC1(c2ccc(OC)c(OC)c2)CCCCC1)N(C)Cc1cnn(C)c1.I. The van der Waals surface area contributed by atoms with Crippen molar-refractivity contribution < 1.29 is 9.47 Å². The highest BCUT2D eigenvalue weighted by molar-refractivity contribution is 14.0. The molecule has 1 fully saturated rings. The number of benzene rings is 1. The van der Waals surface area contributed by atoms with E-state index in [2.05, 4.69) is 39.5 Å². The summed E-state index contributed by atoms with van der Waals surface area (Å²) in [5.41, 5.74) is 2.52. The Bertz CT molecular complexity index is 861. The van der Waals surface area contributed by atoms with Crippen LogP contribution in [0.1, 0.15) is 43.2 Å². The number of methoxy groups -OCH3 is 2. The summed E-state index contributed by atoms with van der Waals surface area (Å²) in [6.07, 6.45) is 10.0. The summed E-state index contributed by atoms with van der Waals surface area (Å²) in [7, 11) is 9.21. The van der Waals surface area contributed by atoms with Crippen molar-refractivity contribution in [2.45, 2.75) is 44.1 Å². The van der Waals surface area contributed by atoms with E-state index in [0.717, 1.165) is 49.0 Å². The molecule has 2 aromatic rings. The standard InChI is InChI=1S/C23H35N5O2.HI/c1-24-22(27(2)15-18-14-26-28(3)16-18)25-17-23(11-7-6-8-12-23)19-9-10-20(29-4)21(13-19)30-5;/h9-10,13-14,16H,6-8,11-12,15,17H2,1-5H3,(H,24,25);1H. The molecule has 8 heteroatoms. The van der Waals surface area contributed by atoms with Crippen molar-refractivity contribution in [3.05, 3.63) is 41.7 Å². The van der Waals surface area contributed by atoms with Crippen molar-refractivity contribution in [1.29, 1.82) is 0 Å². The van der Waals surface area contributed by atoms with Gasteiger partial charge < -0.3 is 19.7 Å². The first-order valence-corrected chi connectivity index (χ1v) is 10.6. The van der Waals surface area contributed by atoms with Crippen LogP contribution in [0.5, 0.6) is 11.5 Å². The largest absolute Gasteiger partial charge is 0.493 e. The van der Waals surface area contributed by atoms with E-state index < -0.39 is 0 Å². The van der Waals surface area contributed by atoms with E-state index in [4.69, 9.17) is 9.47 Å². The molecule has 1 aliphatic rings. The van der Waals surface area contributed by atoms with Gasteiger partial charge in [-0.3, -0.25) is 9.67 Å². The lowest BCUT2D eigenvalue weighted by Gasteiger charge is -2.39. The Labute approximate surface area is 203 Å². The second-order valence-corrected chi connectivity index (χ2v) is 8.19. The molecule has 172 valence electrons. The van der Waals surface area contributed by atoms with Crippen LogP contribution in [-0.2, 0) is 19.0 Å². The van der Waals surface area contributed by atoms with E-state index in [1.165, 1.54) is 24.8 Å². The predicted molar refractivity (Wildman–Crippen MR) is 136 cm³/mol. The number of aliphatic imine (C=N–C) groups is 1. The molecule has 0 saturated heterocycles. The van der Waals surface area contributed by atoms with E-state index in [-0.39, 0.29) is 29.4 Å². The molecule has 0 spiro atoms. The number of hydrogen-bond acceptors (Lipinski definition) is 4. The van der Waals surface area contributed by atoms with Gasteiger partial charge in [0.15, 0.2) is 17.5 Å². The highest BCUT2D eigenvalue weighted by Gasteiger charge is 2.35. The van der Waals surface area contributed by atoms with E-state index in [1.54, 1.807) is 14.2 Å². The van der Waals surface area contributed by atoms with Crippen LogP contribution in [0.3, 0.4) is 0 Å². The highest BCUT2D eigenvalue weighted by atomic mass is 127. The van der Waals surface area contributed by atoms with Crippen molar-refractivity contribution >= 4 is 29.9 Å². The first-order chi connectivity index (χ1) is 14.5. The van der Waals surface area contributed by atoms with Crippen LogP contribution in [0.15, 0.2) is 35.6 Å². The molecule has 0 radical (unpaired) electrons. The number of ether oxygens (including phenoxy) is 2. The minimum Gasteiger partial charge on any atom is -0.493 e. The second kappa shape index (κ2) is 11.6. The van der Waals surface area contributed by atoms with E-state index in [0.29, 0.717) is 0 Å². The van der Waals surface area contributed by atoms with Crippen LogP contribution in [0, 0.1) is 0 Å². The fourth-order valence-electron chi connectivity index (χ4n) is 4.50. The van der Waals surface area contributed by atoms with Crippen molar-refractivity contribution in [2.24, 2.45) is 12.0 Å². The molecule has 1 aromatic carbocycles. The van der Waals surface area contributed by atoms with Gasteiger partial charge in [0.1, 0.15) is 0 Å². The Hall–Kier alpha value is -1.97. The zero-order valence-corrected chi connectivity index (χ0v) is 21.7. The third kappa shape index (κ3) is 6.05. The zero-order valence-electron chi connectivity index (χ0n) is 19.4. The van der Waals surface area contributed by atoms with Gasteiger partial charge in [0.05, 0.1) is 20.4 Å². The lowest BCUT2D eigenvalue weighted by Crippen LogP contribution is -2.46. The molecule has 0 bridgehead atoms. The fraction of sp³-hybridized carbons (Fsp3) is 0.565. The highest BCUT2D eigenvalue weighted by Crippen LogP contribution is 2.42. The van der Waals surface area contributed by atoms with E-state index >= 15 is 0 Å². The minimum absolute atomic E-state index is 0. The molecule has 0 aliphatic heterocycles. The molecule has 1 aliphatic carbocycles. The van der Waals surface area contributed by atoms with Gasteiger partial charge >= 0.3 is 0 Å². The molecular formula is C23H36IN5O2.